The molecule has 2 amide bonds. The second-order valence-electron chi connectivity index (χ2n) is 5.52. The van der Waals surface area contributed by atoms with Gasteiger partial charge in [0.05, 0.1) is 5.02 Å². The SMILES string of the molecule is Cc1cccc(OCC(=O)NNC(=S)NC(=O)COc2ccc(Cl)cc2Cl)c1. The number of nitrogens with one attached hydrogen (secondary N) is 3. The van der Waals surface area contributed by atoms with Crippen molar-refractivity contribution in [1.29, 1.82) is 0 Å². The maximum Gasteiger partial charge on any atom is 0.276 e. The molecule has 0 unspecified atom stereocenters. The molecule has 0 aliphatic heterocycles. The van der Waals surface area contributed by atoms with E-state index in [2.05, 4.69) is 16.2 Å². The minimum absolute atomic E-state index is 0.0975. The Kier molecular flexibility index (Phi) is 8.31. The molecule has 148 valence electrons. The van der Waals surface area contributed by atoms with Crippen LogP contribution in [-0.4, -0.2) is 30.1 Å². The number of hydrazine groups is 1. The van der Waals surface area contributed by atoms with Crippen LogP contribution in [0.1, 0.15) is 5.56 Å². The number of aryl methyl sites for hydroxylation is 1. The van der Waals surface area contributed by atoms with Crippen molar-refractivity contribution in [3.8, 4) is 11.5 Å². The number of hydrogen-bond donors (Lipinski definition) is 3. The van der Waals surface area contributed by atoms with E-state index >= 15 is 0 Å². The molecule has 0 spiro atoms. The van der Waals surface area contributed by atoms with Crippen LogP contribution < -0.4 is 25.6 Å². The zero-order valence-corrected chi connectivity index (χ0v) is 17.1. The molecule has 28 heavy (non-hydrogen) atoms. The molecule has 0 bridgehead atoms. The van der Waals surface area contributed by atoms with Gasteiger partial charge in [0.1, 0.15) is 11.5 Å². The Balaban J connectivity index is 1.66. The van der Waals surface area contributed by atoms with Crippen LogP contribution in [0.3, 0.4) is 0 Å². The third-order valence-electron chi connectivity index (χ3n) is 3.18. The molecule has 3 N–H and O–H groups in total. The Labute approximate surface area is 177 Å². The predicted molar refractivity (Wildman–Crippen MR) is 111 cm³/mol. The smallest absolute Gasteiger partial charge is 0.276 e. The summed E-state index contributed by atoms with van der Waals surface area (Å²) < 4.78 is 10.6. The molecule has 10 heteroatoms. The van der Waals surface area contributed by atoms with Gasteiger partial charge in [-0.25, -0.2) is 0 Å². The molecule has 0 saturated heterocycles. The summed E-state index contributed by atoms with van der Waals surface area (Å²) in [6, 6.07) is 11.9. The standard InChI is InChI=1S/C18H17Cl2N3O4S/c1-11-3-2-4-13(7-11)26-10-17(25)22-23-18(28)21-16(24)9-27-15-6-5-12(19)8-14(15)20/h2-8H,9-10H2,1H3,(H,22,25)(H2,21,23,24,28). The van der Waals surface area contributed by atoms with E-state index < -0.39 is 11.8 Å². The van der Waals surface area contributed by atoms with Gasteiger partial charge in [0.15, 0.2) is 18.3 Å². The number of rotatable bonds is 6. The topological polar surface area (TPSA) is 88.7 Å². The molecule has 0 fully saturated rings. The molecule has 0 saturated carbocycles. The molecular weight excluding hydrogens is 425 g/mol. The first-order valence-electron chi connectivity index (χ1n) is 7.99. The highest BCUT2D eigenvalue weighted by molar-refractivity contribution is 7.80. The van der Waals surface area contributed by atoms with Gasteiger partial charge in [0.25, 0.3) is 11.8 Å². The van der Waals surface area contributed by atoms with Crippen molar-refractivity contribution in [2.24, 2.45) is 0 Å². The lowest BCUT2D eigenvalue weighted by atomic mass is 10.2. The average Bonchev–Trinajstić information content (AvgIpc) is 2.64. The third-order valence-corrected chi connectivity index (χ3v) is 3.92. The molecular formula is C18H17Cl2N3O4S. The summed E-state index contributed by atoms with van der Waals surface area (Å²) in [5.41, 5.74) is 5.73. The number of hydrogen-bond acceptors (Lipinski definition) is 5. The van der Waals surface area contributed by atoms with Crippen LogP contribution in [0.15, 0.2) is 42.5 Å². The quantitative estimate of drug-likeness (QED) is 0.471. The fourth-order valence-corrected chi connectivity index (χ4v) is 2.57. The van der Waals surface area contributed by atoms with Gasteiger partial charge in [0, 0.05) is 5.02 Å². The van der Waals surface area contributed by atoms with Crippen molar-refractivity contribution in [1.82, 2.24) is 16.2 Å². The third kappa shape index (κ3) is 7.59. The molecule has 0 atom stereocenters. The summed E-state index contributed by atoms with van der Waals surface area (Å²) in [4.78, 5) is 23.6. The average molecular weight is 442 g/mol. The van der Waals surface area contributed by atoms with Crippen molar-refractivity contribution in [3.63, 3.8) is 0 Å². The molecule has 2 aromatic rings. The monoisotopic (exact) mass is 441 g/mol. The van der Waals surface area contributed by atoms with E-state index in [1.54, 1.807) is 24.3 Å². The van der Waals surface area contributed by atoms with Crippen LogP contribution in [0.4, 0.5) is 0 Å². The van der Waals surface area contributed by atoms with Crippen molar-refractivity contribution >= 4 is 52.3 Å². The van der Waals surface area contributed by atoms with Gasteiger partial charge in [-0.15, -0.1) is 0 Å². The van der Waals surface area contributed by atoms with Gasteiger partial charge >= 0.3 is 0 Å². The van der Waals surface area contributed by atoms with E-state index in [-0.39, 0.29) is 23.3 Å². The van der Waals surface area contributed by atoms with Crippen molar-refractivity contribution in [2.45, 2.75) is 6.92 Å². The van der Waals surface area contributed by atoms with E-state index in [9.17, 15) is 9.59 Å². The van der Waals surface area contributed by atoms with Crippen LogP contribution in [0.2, 0.25) is 10.0 Å². The van der Waals surface area contributed by atoms with Gasteiger partial charge in [-0.2, -0.15) is 0 Å². The number of carbonyl (C=O) groups is 2. The zero-order valence-electron chi connectivity index (χ0n) is 14.8. The highest BCUT2D eigenvalue weighted by Crippen LogP contribution is 2.27. The number of thiocarbonyl (C=S) groups is 1. The normalized spacial score (nSPS) is 9.96. The summed E-state index contributed by atoms with van der Waals surface area (Å²) in [6.07, 6.45) is 0. The van der Waals surface area contributed by atoms with Gasteiger partial charge in [-0.05, 0) is 55.0 Å². The first-order chi connectivity index (χ1) is 13.3. The van der Waals surface area contributed by atoms with Gasteiger partial charge in [-0.1, -0.05) is 35.3 Å². The Morgan fingerprint density at radius 1 is 1.00 bits per heavy atom. The largest absolute Gasteiger partial charge is 0.484 e. The fraction of sp³-hybridized carbons (Fsp3) is 0.167. The second-order valence-corrected chi connectivity index (χ2v) is 6.77. The number of carbonyl (C=O) groups excluding carboxylic acids is 2. The number of amides is 2. The van der Waals surface area contributed by atoms with Crippen molar-refractivity contribution < 1.29 is 19.1 Å². The maximum absolute atomic E-state index is 11.8. The minimum Gasteiger partial charge on any atom is -0.484 e. The molecule has 0 aliphatic rings. The van der Waals surface area contributed by atoms with E-state index in [1.165, 1.54) is 6.07 Å². The van der Waals surface area contributed by atoms with Crippen LogP contribution in [-0.2, 0) is 9.59 Å². The molecule has 0 aromatic heterocycles. The first-order valence-corrected chi connectivity index (χ1v) is 9.16. The lowest BCUT2D eigenvalue weighted by Crippen LogP contribution is -2.50. The first kappa shape index (κ1) is 21.7. The summed E-state index contributed by atoms with van der Waals surface area (Å²) in [6.45, 7) is 1.37. The van der Waals surface area contributed by atoms with E-state index in [4.69, 9.17) is 44.9 Å². The highest BCUT2D eigenvalue weighted by Gasteiger charge is 2.09. The van der Waals surface area contributed by atoms with Crippen LogP contribution >= 0.6 is 35.4 Å². The van der Waals surface area contributed by atoms with Crippen molar-refractivity contribution in [3.05, 3.63) is 58.1 Å². The summed E-state index contributed by atoms with van der Waals surface area (Å²) in [5.74, 6) is -0.123. The number of benzene rings is 2. The van der Waals surface area contributed by atoms with E-state index in [0.29, 0.717) is 16.5 Å². The van der Waals surface area contributed by atoms with Crippen molar-refractivity contribution in [2.75, 3.05) is 13.2 Å². The lowest BCUT2D eigenvalue weighted by Gasteiger charge is -2.12. The van der Waals surface area contributed by atoms with Gasteiger partial charge in [0.2, 0.25) is 0 Å². The lowest BCUT2D eigenvalue weighted by molar-refractivity contribution is -0.124. The van der Waals surface area contributed by atoms with Crippen LogP contribution in [0, 0.1) is 6.92 Å². The Hall–Kier alpha value is -2.55. The number of ether oxygens (including phenoxy) is 2. The Bertz CT molecular complexity index is 880. The van der Waals surface area contributed by atoms with Crippen LogP contribution in [0.25, 0.3) is 0 Å². The molecule has 7 nitrogen and oxygen atoms in total. The molecule has 0 radical (unpaired) electrons. The summed E-state index contributed by atoms with van der Waals surface area (Å²) in [7, 11) is 0. The Morgan fingerprint density at radius 3 is 2.46 bits per heavy atom. The molecule has 0 heterocycles. The van der Waals surface area contributed by atoms with Crippen LogP contribution in [0.5, 0.6) is 11.5 Å². The predicted octanol–water partition coefficient (Wildman–Crippen LogP) is 2.78. The maximum atomic E-state index is 11.8. The Morgan fingerprint density at radius 2 is 1.75 bits per heavy atom. The van der Waals surface area contributed by atoms with E-state index in [0.717, 1.165) is 5.56 Å². The fourth-order valence-electron chi connectivity index (χ4n) is 1.95. The zero-order chi connectivity index (χ0) is 20.5. The minimum atomic E-state index is -0.534. The molecule has 0 aliphatic carbocycles. The second kappa shape index (κ2) is 10.7. The van der Waals surface area contributed by atoms with E-state index in [1.807, 2.05) is 19.1 Å². The molecule has 2 aromatic carbocycles. The summed E-state index contributed by atoms with van der Waals surface area (Å²) in [5, 5.41) is 2.98. The summed E-state index contributed by atoms with van der Waals surface area (Å²) >= 11 is 16.7. The number of halogens is 2. The van der Waals surface area contributed by atoms with Gasteiger partial charge < -0.3 is 9.47 Å². The van der Waals surface area contributed by atoms with Gasteiger partial charge in [-0.3, -0.25) is 25.8 Å². The highest BCUT2D eigenvalue weighted by atomic mass is 35.5. The molecule has 2 rings (SSSR count).